The van der Waals surface area contributed by atoms with Crippen molar-refractivity contribution >= 4 is 17.5 Å². The zero-order valence-electron chi connectivity index (χ0n) is 19.6. The third kappa shape index (κ3) is 4.35. The SMILES string of the molecule is COc1ccc([C@H]2C(C(=O)Nc3ccc(C)cn3)=C(C)NC3=C2C(=O)C[C@H](C)C3)cc1OC. The summed E-state index contributed by atoms with van der Waals surface area (Å²) in [6.45, 7) is 5.88. The van der Waals surface area contributed by atoms with Gasteiger partial charge in [0.25, 0.3) is 5.91 Å². The molecule has 172 valence electrons. The van der Waals surface area contributed by atoms with Gasteiger partial charge in [0.15, 0.2) is 17.3 Å². The number of nitrogens with one attached hydrogen (secondary N) is 2. The summed E-state index contributed by atoms with van der Waals surface area (Å²) in [6.07, 6.45) is 2.92. The number of carbonyl (C=O) groups excluding carboxylic acids is 2. The molecule has 0 saturated heterocycles. The predicted molar refractivity (Wildman–Crippen MR) is 126 cm³/mol. The van der Waals surface area contributed by atoms with E-state index in [0.717, 1.165) is 28.9 Å². The van der Waals surface area contributed by atoms with Crippen LogP contribution in [0.1, 0.15) is 43.7 Å². The van der Waals surface area contributed by atoms with E-state index in [9.17, 15) is 9.59 Å². The molecular weight excluding hydrogens is 418 g/mol. The molecule has 0 radical (unpaired) electrons. The second-order valence-corrected chi connectivity index (χ2v) is 8.71. The Kier molecular flexibility index (Phi) is 6.22. The summed E-state index contributed by atoms with van der Waals surface area (Å²) in [5, 5.41) is 6.26. The van der Waals surface area contributed by atoms with Gasteiger partial charge in [0.2, 0.25) is 0 Å². The van der Waals surface area contributed by atoms with Crippen LogP contribution in [0.25, 0.3) is 0 Å². The molecule has 33 heavy (non-hydrogen) atoms. The number of hydrogen-bond acceptors (Lipinski definition) is 6. The first-order valence-corrected chi connectivity index (χ1v) is 11.0. The number of anilines is 1. The predicted octanol–water partition coefficient (Wildman–Crippen LogP) is 4.26. The van der Waals surface area contributed by atoms with E-state index in [-0.39, 0.29) is 17.6 Å². The first-order valence-electron chi connectivity index (χ1n) is 11.0. The van der Waals surface area contributed by atoms with Gasteiger partial charge in [-0.3, -0.25) is 9.59 Å². The van der Waals surface area contributed by atoms with Gasteiger partial charge in [0.1, 0.15) is 5.82 Å². The number of dihydropyridines is 1. The number of aryl methyl sites for hydroxylation is 1. The Balaban J connectivity index is 1.82. The molecule has 2 aromatic rings. The minimum Gasteiger partial charge on any atom is -0.493 e. The van der Waals surface area contributed by atoms with Crippen molar-refractivity contribution in [2.45, 2.75) is 39.5 Å². The lowest BCUT2D eigenvalue weighted by Gasteiger charge is -2.36. The van der Waals surface area contributed by atoms with Crippen LogP contribution in [0, 0.1) is 12.8 Å². The standard InChI is InChI=1S/C26H29N3O4/c1-14-6-9-22(27-13-14)29-26(31)23-16(3)28-18-10-15(2)11-19(30)25(18)24(23)17-7-8-20(32-4)21(12-17)33-5/h6-9,12-13,15,24,28H,10-11H2,1-5H3,(H,27,29,31)/t15-,24+/m1/s1. The Labute approximate surface area is 193 Å². The maximum absolute atomic E-state index is 13.5. The second-order valence-electron chi connectivity index (χ2n) is 8.71. The summed E-state index contributed by atoms with van der Waals surface area (Å²) in [4.78, 5) is 31.1. The quantitative estimate of drug-likeness (QED) is 0.712. The van der Waals surface area contributed by atoms with E-state index in [2.05, 4.69) is 22.5 Å². The van der Waals surface area contributed by atoms with E-state index in [1.54, 1.807) is 32.5 Å². The van der Waals surface area contributed by atoms with Crippen LogP contribution in [0.2, 0.25) is 0 Å². The van der Waals surface area contributed by atoms with Gasteiger partial charge >= 0.3 is 0 Å². The van der Waals surface area contributed by atoms with Crippen LogP contribution in [0.3, 0.4) is 0 Å². The summed E-state index contributed by atoms with van der Waals surface area (Å²) >= 11 is 0. The number of benzene rings is 1. The van der Waals surface area contributed by atoms with Crippen molar-refractivity contribution in [3.05, 3.63) is 70.2 Å². The molecule has 0 spiro atoms. The molecule has 2 N–H and O–H groups in total. The molecule has 0 unspecified atom stereocenters. The lowest BCUT2D eigenvalue weighted by Crippen LogP contribution is -2.37. The van der Waals surface area contributed by atoms with Gasteiger partial charge < -0.3 is 20.1 Å². The van der Waals surface area contributed by atoms with Crippen LogP contribution in [0.5, 0.6) is 11.5 Å². The topological polar surface area (TPSA) is 89.5 Å². The largest absolute Gasteiger partial charge is 0.493 e. The molecule has 0 bridgehead atoms. The Morgan fingerprint density at radius 3 is 2.52 bits per heavy atom. The molecular formula is C26H29N3O4. The number of methoxy groups -OCH3 is 2. The van der Waals surface area contributed by atoms with Gasteiger partial charge in [-0.05, 0) is 55.5 Å². The third-order valence-electron chi connectivity index (χ3n) is 6.17. The highest BCUT2D eigenvalue weighted by molar-refractivity contribution is 6.09. The lowest BCUT2D eigenvalue weighted by molar-refractivity contribution is -0.117. The molecule has 1 aromatic carbocycles. The van der Waals surface area contributed by atoms with Crippen LogP contribution in [-0.2, 0) is 9.59 Å². The van der Waals surface area contributed by atoms with Crippen molar-refractivity contribution in [3.8, 4) is 11.5 Å². The summed E-state index contributed by atoms with van der Waals surface area (Å²) in [5.41, 5.74) is 4.55. The normalized spacial score (nSPS) is 20.2. The fourth-order valence-electron chi connectivity index (χ4n) is 4.63. The fourth-order valence-corrected chi connectivity index (χ4v) is 4.63. The van der Waals surface area contributed by atoms with E-state index in [0.29, 0.717) is 34.9 Å². The van der Waals surface area contributed by atoms with E-state index < -0.39 is 5.92 Å². The van der Waals surface area contributed by atoms with Crippen LogP contribution >= 0.6 is 0 Å². The van der Waals surface area contributed by atoms with Crippen molar-refractivity contribution in [1.82, 2.24) is 10.3 Å². The molecule has 1 aliphatic carbocycles. The average Bonchev–Trinajstić information content (AvgIpc) is 2.78. The number of allylic oxidation sites excluding steroid dienone is 3. The highest BCUT2D eigenvalue weighted by Gasteiger charge is 2.40. The van der Waals surface area contributed by atoms with E-state index in [1.165, 1.54) is 0 Å². The van der Waals surface area contributed by atoms with Crippen LogP contribution in [-0.4, -0.2) is 30.9 Å². The highest BCUT2D eigenvalue weighted by atomic mass is 16.5. The number of Topliss-reactive ketones (excluding diaryl/α,β-unsaturated/α-hetero) is 1. The molecule has 2 heterocycles. The summed E-state index contributed by atoms with van der Waals surface area (Å²) in [7, 11) is 3.15. The number of nitrogens with zero attached hydrogens (tertiary/aromatic N) is 1. The molecule has 7 heteroatoms. The van der Waals surface area contributed by atoms with Crippen LogP contribution < -0.4 is 20.1 Å². The van der Waals surface area contributed by atoms with Crippen LogP contribution in [0.4, 0.5) is 5.82 Å². The maximum Gasteiger partial charge on any atom is 0.255 e. The molecule has 2 atom stereocenters. The third-order valence-corrected chi connectivity index (χ3v) is 6.17. The smallest absolute Gasteiger partial charge is 0.255 e. The van der Waals surface area contributed by atoms with E-state index in [1.807, 2.05) is 32.0 Å². The highest BCUT2D eigenvalue weighted by Crippen LogP contribution is 2.45. The Morgan fingerprint density at radius 1 is 1.09 bits per heavy atom. The average molecular weight is 448 g/mol. The number of ketones is 1. The number of aromatic nitrogens is 1. The van der Waals surface area contributed by atoms with Crippen LogP contribution in [0.15, 0.2) is 59.1 Å². The van der Waals surface area contributed by atoms with Crippen molar-refractivity contribution in [3.63, 3.8) is 0 Å². The Hall–Kier alpha value is -3.61. The minimum absolute atomic E-state index is 0.0577. The monoisotopic (exact) mass is 447 g/mol. The molecule has 1 aliphatic heterocycles. The van der Waals surface area contributed by atoms with Gasteiger partial charge in [-0.25, -0.2) is 4.98 Å². The first kappa shape index (κ1) is 22.6. The molecule has 1 aromatic heterocycles. The lowest BCUT2D eigenvalue weighted by atomic mass is 9.73. The van der Waals surface area contributed by atoms with Crippen molar-refractivity contribution in [2.24, 2.45) is 5.92 Å². The number of carbonyl (C=O) groups is 2. The zero-order chi connectivity index (χ0) is 23.7. The van der Waals surface area contributed by atoms with Crippen molar-refractivity contribution in [1.29, 1.82) is 0 Å². The number of amides is 1. The zero-order valence-corrected chi connectivity index (χ0v) is 19.6. The molecule has 7 nitrogen and oxygen atoms in total. The Bertz CT molecular complexity index is 1160. The molecule has 0 fully saturated rings. The van der Waals surface area contributed by atoms with Gasteiger partial charge in [0.05, 0.1) is 14.2 Å². The molecule has 2 aliphatic rings. The minimum atomic E-state index is -0.522. The summed E-state index contributed by atoms with van der Waals surface area (Å²) in [5.74, 6) is 1.08. The maximum atomic E-state index is 13.5. The van der Waals surface area contributed by atoms with Gasteiger partial charge in [-0.15, -0.1) is 0 Å². The summed E-state index contributed by atoms with van der Waals surface area (Å²) in [6, 6.07) is 9.19. The van der Waals surface area contributed by atoms with E-state index >= 15 is 0 Å². The van der Waals surface area contributed by atoms with Crippen molar-refractivity contribution < 1.29 is 19.1 Å². The molecule has 0 saturated carbocycles. The fraction of sp³-hybridized carbons (Fsp3) is 0.346. The molecule has 4 rings (SSSR count). The number of ether oxygens (including phenoxy) is 2. The van der Waals surface area contributed by atoms with E-state index in [4.69, 9.17) is 9.47 Å². The number of hydrogen-bond donors (Lipinski definition) is 2. The second kappa shape index (κ2) is 9.10. The van der Waals surface area contributed by atoms with Crippen molar-refractivity contribution in [2.75, 3.05) is 19.5 Å². The van der Waals surface area contributed by atoms with Gasteiger partial charge in [-0.2, -0.15) is 0 Å². The number of rotatable bonds is 5. The first-order chi connectivity index (χ1) is 15.8. The molecule has 1 amide bonds. The summed E-state index contributed by atoms with van der Waals surface area (Å²) < 4.78 is 10.9. The Morgan fingerprint density at radius 2 is 1.85 bits per heavy atom. The van der Waals surface area contributed by atoms with Gasteiger partial charge in [-0.1, -0.05) is 19.1 Å². The number of pyridine rings is 1. The van der Waals surface area contributed by atoms with Gasteiger partial charge in [0, 0.05) is 41.1 Å².